The summed E-state index contributed by atoms with van der Waals surface area (Å²) in [5.41, 5.74) is 10.9. The SMILES string of the molecule is CC(C)CC(N)C(=O)NC(CCC(N)=O)C(=O)NC(CO)C(=O)NC(C(=O)O)C(C)C. The third-order valence-corrected chi connectivity index (χ3v) is 4.42. The number of primary amides is 1. The van der Waals surface area contributed by atoms with Gasteiger partial charge in [0.1, 0.15) is 18.1 Å². The molecule has 12 heteroatoms. The first-order chi connectivity index (χ1) is 14.3. The number of nitrogens with one attached hydrogen (secondary N) is 3. The van der Waals surface area contributed by atoms with Crippen LogP contribution in [0.4, 0.5) is 0 Å². The second-order valence-corrected chi connectivity index (χ2v) is 8.11. The van der Waals surface area contributed by atoms with Gasteiger partial charge in [-0.2, -0.15) is 0 Å². The van der Waals surface area contributed by atoms with Crippen molar-refractivity contribution in [2.24, 2.45) is 23.3 Å². The van der Waals surface area contributed by atoms with E-state index in [2.05, 4.69) is 16.0 Å². The third-order valence-electron chi connectivity index (χ3n) is 4.42. The van der Waals surface area contributed by atoms with Gasteiger partial charge in [-0.3, -0.25) is 19.2 Å². The zero-order chi connectivity index (χ0) is 24.3. The minimum atomic E-state index is -1.47. The molecule has 0 spiro atoms. The highest BCUT2D eigenvalue weighted by atomic mass is 16.4. The molecule has 0 heterocycles. The van der Waals surface area contributed by atoms with Gasteiger partial charge in [-0.25, -0.2) is 4.79 Å². The maximum Gasteiger partial charge on any atom is 0.326 e. The van der Waals surface area contributed by atoms with E-state index in [9.17, 15) is 34.2 Å². The van der Waals surface area contributed by atoms with E-state index in [1.807, 2.05) is 13.8 Å². The van der Waals surface area contributed by atoms with Crippen LogP contribution in [0.3, 0.4) is 0 Å². The largest absolute Gasteiger partial charge is 0.480 e. The number of amides is 4. The summed E-state index contributed by atoms with van der Waals surface area (Å²) in [4.78, 5) is 59.7. The van der Waals surface area contributed by atoms with Gasteiger partial charge in [-0.05, 0) is 24.7 Å². The number of carbonyl (C=O) groups is 5. The molecule has 0 bridgehead atoms. The van der Waals surface area contributed by atoms with Crippen LogP contribution >= 0.6 is 0 Å². The van der Waals surface area contributed by atoms with Crippen molar-refractivity contribution in [3.63, 3.8) is 0 Å². The van der Waals surface area contributed by atoms with Crippen molar-refractivity contribution in [2.45, 2.75) is 71.1 Å². The first-order valence-corrected chi connectivity index (χ1v) is 10.1. The first-order valence-electron chi connectivity index (χ1n) is 10.1. The molecule has 0 aromatic carbocycles. The molecule has 0 saturated heterocycles. The number of aliphatic carboxylic acids is 1. The highest BCUT2D eigenvalue weighted by Gasteiger charge is 2.31. The molecule has 0 aromatic rings. The molecule has 4 atom stereocenters. The number of rotatable bonds is 14. The second-order valence-electron chi connectivity index (χ2n) is 8.11. The van der Waals surface area contributed by atoms with Crippen LogP contribution in [0.2, 0.25) is 0 Å². The molecule has 0 fully saturated rings. The number of carbonyl (C=O) groups excluding carboxylic acids is 4. The molecule has 0 aliphatic carbocycles. The lowest BCUT2D eigenvalue weighted by atomic mass is 10.0. The number of carboxylic acids is 1. The van der Waals surface area contributed by atoms with E-state index in [1.165, 1.54) is 0 Å². The van der Waals surface area contributed by atoms with Crippen molar-refractivity contribution in [3.05, 3.63) is 0 Å². The average molecular weight is 446 g/mol. The third kappa shape index (κ3) is 10.7. The minimum absolute atomic E-state index is 0.129. The Morgan fingerprint density at radius 1 is 0.871 bits per heavy atom. The van der Waals surface area contributed by atoms with E-state index in [0.29, 0.717) is 6.42 Å². The fourth-order valence-corrected chi connectivity index (χ4v) is 2.68. The van der Waals surface area contributed by atoms with Crippen molar-refractivity contribution in [1.82, 2.24) is 16.0 Å². The predicted octanol–water partition coefficient (Wildman–Crippen LogP) is -2.19. The fraction of sp³-hybridized carbons (Fsp3) is 0.737. The number of aliphatic hydroxyl groups is 1. The van der Waals surface area contributed by atoms with Crippen molar-refractivity contribution in [1.29, 1.82) is 0 Å². The van der Waals surface area contributed by atoms with E-state index in [-0.39, 0.29) is 18.8 Å². The summed E-state index contributed by atoms with van der Waals surface area (Å²) in [6.45, 7) is 6.10. The van der Waals surface area contributed by atoms with Crippen molar-refractivity contribution in [3.8, 4) is 0 Å². The van der Waals surface area contributed by atoms with Crippen LogP contribution in [0.5, 0.6) is 0 Å². The Morgan fingerprint density at radius 2 is 1.39 bits per heavy atom. The van der Waals surface area contributed by atoms with Gasteiger partial charge in [0, 0.05) is 6.42 Å². The maximum absolute atomic E-state index is 12.6. The lowest BCUT2D eigenvalue weighted by molar-refractivity contribution is -0.143. The highest BCUT2D eigenvalue weighted by Crippen LogP contribution is 2.06. The zero-order valence-corrected chi connectivity index (χ0v) is 18.4. The summed E-state index contributed by atoms with van der Waals surface area (Å²) in [7, 11) is 0. The van der Waals surface area contributed by atoms with E-state index < -0.39 is 66.3 Å². The molecule has 9 N–H and O–H groups in total. The van der Waals surface area contributed by atoms with E-state index in [4.69, 9.17) is 11.5 Å². The first kappa shape index (κ1) is 28.3. The van der Waals surface area contributed by atoms with Gasteiger partial charge in [0.2, 0.25) is 23.6 Å². The summed E-state index contributed by atoms with van der Waals surface area (Å²) < 4.78 is 0. The Morgan fingerprint density at radius 3 is 1.81 bits per heavy atom. The molecule has 4 amide bonds. The molecule has 0 saturated carbocycles. The number of hydrogen-bond donors (Lipinski definition) is 7. The average Bonchev–Trinajstić information content (AvgIpc) is 2.65. The van der Waals surface area contributed by atoms with Crippen molar-refractivity contribution < 1.29 is 34.2 Å². The number of hydrogen-bond acceptors (Lipinski definition) is 7. The number of carboxylic acid groups (broad SMARTS) is 1. The zero-order valence-electron chi connectivity index (χ0n) is 18.4. The lowest BCUT2D eigenvalue weighted by Gasteiger charge is -2.25. The number of nitrogens with two attached hydrogens (primary N) is 2. The molecular formula is C19H35N5O7. The normalized spacial score (nSPS) is 15.0. The van der Waals surface area contributed by atoms with Crippen LogP contribution < -0.4 is 27.4 Å². The quantitative estimate of drug-likeness (QED) is 0.155. The van der Waals surface area contributed by atoms with E-state index in [0.717, 1.165) is 0 Å². The Bertz CT molecular complexity index is 654. The topological polar surface area (TPSA) is 214 Å². The molecular weight excluding hydrogens is 410 g/mol. The molecule has 178 valence electrons. The second kappa shape index (κ2) is 13.5. The van der Waals surface area contributed by atoms with Gasteiger partial charge in [0.15, 0.2) is 0 Å². The Labute approximate surface area is 181 Å². The Balaban J connectivity index is 5.30. The van der Waals surface area contributed by atoms with Crippen LogP contribution in [-0.4, -0.2) is 70.6 Å². The van der Waals surface area contributed by atoms with Gasteiger partial charge in [-0.15, -0.1) is 0 Å². The summed E-state index contributed by atoms with van der Waals surface area (Å²) in [5, 5.41) is 25.6. The summed E-state index contributed by atoms with van der Waals surface area (Å²) >= 11 is 0. The Kier molecular flexibility index (Phi) is 12.4. The highest BCUT2D eigenvalue weighted by molar-refractivity contribution is 5.94. The van der Waals surface area contributed by atoms with Crippen LogP contribution in [0.25, 0.3) is 0 Å². The fourth-order valence-electron chi connectivity index (χ4n) is 2.68. The summed E-state index contributed by atoms with van der Waals surface area (Å²) in [5.74, 6) is -4.65. The monoisotopic (exact) mass is 445 g/mol. The predicted molar refractivity (Wildman–Crippen MR) is 111 cm³/mol. The standard InChI is InChI=1S/C19H35N5O7/c1-9(2)7-11(20)16(27)22-12(5-6-14(21)26)17(28)23-13(8-25)18(29)24-15(10(3)4)19(30)31/h9-13,15,25H,5-8,20H2,1-4H3,(H2,21,26)(H,22,27)(H,23,28)(H,24,29)(H,30,31). The molecule has 0 radical (unpaired) electrons. The number of aliphatic hydroxyl groups excluding tert-OH is 1. The van der Waals surface area contributed by atoms with Crippen LogP contribution in [0, 0.1) is 11.8 Å². The molecule has 0 aliphatic rings. The van der Waals surface area contributed by atoms with Crippen molar-refractivity contribution in [2.75, 3.05) is 6.61 Å². The summed E-state index contributed by atoms with van der Waals surface area (Å²) in [6, 6.07) is -4.81. The van der Waals surface area contributed by atoms with Crippen LogP contribution in [0.15, 0.2) is 0 Å². The summed E-state index contributed by atoms with van der Waals surface area (Å²) in [6.07, 6.45) is -0.00350. The lowest BCUT2D eigenvalue weighted by Crippen LogP contribution is -2.58. The van der Waals surface area contributed by atoms with Gasteiger partial charge >= 0.3 is 5.97 Å². The molecule has 12 nitrogen and oxygen atoms in total. The Hall–Kier alpha value is -2.73. The molecule has 0 rings (SSSR count). The van der Waals surface area contributed by atoms with Crippen LogP contribution in [0.1, 0.15) is 47.0 Å². The van der Waals surface area contributed by atoms with Gasteiger partial charge in [-0.1, -0.05) is 27.7 Å². The molecule has 31 heavy (non-hydrogen) atoms. The molecule has 0 aromatic heterocycles. The van der Waals surface area contributed by atoms with Gasteiger partial charge in [0.25, 0.3) is 0 Å². The van der Waals surface area contributed by atoms with E-state index in [1.54, 1.807) is 13.8 Å². The van der Waals surface area contributed by atoms with Crippen LogP contribution in [-0.2, 0) is 24.0 Å². The maximum atomic E-state index is 12.6. The smallest absolute Gasteiger partial charge is 0.326 e. The minimum Gasteiger partial charge on any atom is -0.480 e. The van der Waals surface area contributed by atoms with Gasteiger partial charge in [0.05, 0.1) is 12.6 Å². The molecule has 4 unspecified atom stereocenters. The van der Waals surface area contributed by atoms with Crippen molar-refractivity contribution >= 4 is 29.6 Å². The van der Waals surface area contributed by atoms with Gasteiger partial charge < -0.3 is 37.6 Å². The van der Waals surface area contributed by atoms with E-state index >= 15 is 0 Å². The molecule has 0 aliphatic heterocycles.